The molecule has 33 heavy (non-hydrogen) atoms. The van der Waals surface area contributed by atoms with Crippen molar-refractivity contribution in [3.05, 3.63) is 58.4 Å². The highest BCUT2D eigenvalue weighted by molar-refractivity contribution is 7.11. The lowest BCUT2D eigenvalue weighted by Crippen LogP contribution is -2.50. The van der Waals surface area contributed by atoms with E-state index >= 15 is 0 Å². The van der Waals surface area contributed by atoms with Crippen molar-refractivity contribution in [2.24, 2.45) is 0 Å². The molecule has 1 amide bonds. The number of nitrogens with one attached hydrogen (secondary N) is 2. The van der Waals surface area contributed by atoms with Crippen LogP contribution in [0.3, 0.4) is 0 Å². The number of carbonyl (C=O) groups is 1. The summed E-state index contributed by atoms with van der Waals surface area (Å²) in [7, 11) is 1.61. The largest absolute Gasteiger partial charge is 0.312 e. The maximum atomic E-state index is 14.1. The summed E-state index contributed by atoms with van der Waals surface area (Å²) in [5, 5.41) is 18.5. The number of benzene rings is 1. The van der Waals surface area contributed by atoms with Gasteiger partial charge >= 0.3 is 0 Å². The molecule has 0 saturated heterocycles. The summed E-state index contributed by atoms with van der Waals surface area (Å²) in [5.74, 6) is -2.60. The predicted octanol–water partition coefficient (Wildman–Crippen LogP) is 4.30. The molecule has 2 aromatic heterocycles. The Morgan fingerprint density at radius 1 is 1.30 bits per heavy atom. The molecule has 1 aliphatic heterocycles. The molecule has 2 N–H and O–H groups in total. The lowest BCUT2D eigenvalue weighted by molar-refractivity contribution is -0.119. The molecule has 8 nitrogen and oxygen atoms in total. The number of halogens is 2. The summed E-state index contributed by atoms with van der Waals surface area (Å²) < 4.78 is 27.8. The third kappa shape index (κ3) is 3.99. The minimum atomic E-state index is -1.03. The summed E-state index contributed by atoms with van der Waals surface area (Å²) in [6.45, 7) is 1.93. The Hall–Kier alpha value is -3.60. The van der Waals surface area contributed by atoms with Crippen LogP contribution in [0.15, 0.2) is 36.0 Å². The van der Waals surface area contributed by atoms with Crippen molar-refractivity contribution >= 4 is 46.4 Å². The second kappa shape index (κ2) is 9.10. The molecule has 0 spiro atoms. The van der Waals surface area contributed by atoms with Crippen molar-refractivity contribution in [3.8, 4) is 0 Å². The second-order valence-corrected chi connectivity index (χ2v) is 8.40. The molecule has 2 atom stereocenters. The Morgan fingerprint density at radius 3 is 2.73 bits per heavy atom. The van der Waals surface area contributed by atoms with Gasteiger partial charge in [0.15, 0.2) is 17.5 Å². The highest BCUT2D eigenvalue weighted by Crippen LogP contribution is 2.40. The molecule has 170 valence electrons. The lowest BCUT2D eigenvalue weighted by Gasteiger charge is -2.40. The number of hydrogen-bond donors (Lipinski definition) is 2. The Morgan fingerprint density at radius 2 is 2.09 bits per heavy atom. The highest BCUT2D eigenvalue weighted by atomic mass is 32.1. The van der Waals surface area contributed by atoms with Crippen LogP contribution in [0.1, 0.15) is 36.5 Å². The van der Waals surface area contributed by atoms with Gasteiger partial charge in [-0.25, -0.2) is 23.7 Å². The molecule has 11 heteroatoms. The van der Waals surface area contributed by atoms with Crippen LogP contribution >= 0.6 is 11.3 Å². The molecule has 1 aromatic carbocycles. The highest BCUT2D eigenvalue weighted by Gasteiger charge is 2.39. The molecule has 1 aliphatic rings. The molecule has 0 fully saturated rings. The summed E-state index contributed by atoms with van der Waals surface area (Å²) in [6, 6.07) is 2.76. The number of nitrogens with zero attached hydrogens (tertiary/aromatic N) is 5. The van der Waals surface area contributed by atoms with E-state index in [1.807, 2.05) is 6.92 Å². The van der Waals surface area contributed by atoms with Crippen LogP contribution in [0.25, 0.3) is 0 Å². The molecule has 3 aromatic rings. The van der Waals surface area contributed by atoms with Crippen molar-refractivity contribution in [2.75, 3.05) is 16.8 Å². The van der Waals surface area contributed by atoms with Gasteiger partial charge in [0.25, 0.3) is 0 Å². The minimum absolute atomic E-state index is 0.0738. The average Bonchev–Trinajstić information content (AvgIpc) is 3.35. The van der Waals surface area contributed by atoms with Crippen molar-refractivity contribution < 1.29 is 13.6 Å². The summed E-state index contributed by atoms with van der Waals surface area (Å²) in [4.78, 5) is 29.3. The minimum Gasteiger partial charge on any atom is -0.312 e. The quantitative estimate of drug-likeness (QED) is 0.502. The Bertz CT molecular complexity index is 1220. The van der Waals surface area contributed by atoms with Gasteiger partial charge in [0.05, 0.1) is 17.8 Å². The van der Waals surface area contributed by atoms with Crippen molar-refractivity contribution in [1.29, 1.82) is 10.8 Å². The molecule has 0 radical (unpaired) electrons. The van der Waals surface area contributed by atoms with Crippen LogP contribution in [0.2, 0.25) is 0 Å². The molecular formula is C22H21F2N7OS. The zero-order valence-corrected chi connectivity index (χ0v) is 18.7. The van der Waals surface area contributed by atoms with Crippen LogP contribution in [-0.4, -0.2) is 45.9 Å². The third-order valence-corrected chi connectivity index (χ3v) is 6.25. The van der Waals surface area contributed by atoms with Crippen molar-refractivity contribution in [2.45, 2.75) is 31.7 Å². The number of amides is 1. The zero-order chi connectivity index (χ0) is 23.7. The van der Waals surface area contributed by atoms with E-state index in [1.165, 1.54) is 28.5 Å². The lowest BCUT2D eigenvalue weighted by atomic mass is 10.0. The van der Waals surface area contributed by atoms with Gasteiger partial charge in [-0.2, -0.15) is 0 Å². The Balaban J connectivity index is 1.87. The van der Waals surface area contributed by atoms with E-state index in [2.05, 4.69) is 15.0 Å². The number of anilines is 3. The fourth-order valence-electron chi connectivity index (χ4n) is 3.78. The molecule has 0 aliphatic carbocycles. The van der Waals surface area contributed by atoms with E-state index in [-0.39, 0.29) is 23.1 Å². The third-order valence-electron chi connectivity index (χ3n) is 5.45. The number of fused-ring (bicyclic) bond motifs is 1. The van der Waals surface area contributed by atoms with Gasteiger partial charge in [0, 0.05) is 36.6 Å². The van der Waals surface area contributed by atoms with Gasteiger partial charge < -0.3 is 20.6 Å². The number of carbonyl (C=O) groups excluding carboxylic acids is 1. The standard InChI is InChI=1S/C22H21F2N7OS/c1-3-4-16-22(32)30(2)17-11-28-19(13(10-25)18(26)21-27-7-8-33-21)29-20(17)31(16)12-5-6-14(23)15(24)9-12/h5-11,13,16,25-26H,3-4H2,1-2H3. The van der Waals surface area contributed by atoms with E-state index in [1.54, 1.807) is 23.5 Å². The topological polar surface area (TPSA) is 110 Å². The number of aromatic nitrogens is 3. The van der Waals surface area contributed by atoms with Crippen molar-refractivity contribution in [3.63, 3.8) is 0 Å². The summed E-state index contributed by atoms with van der Waals surface area (Å²) in [5.41, 5.74) is 0.746. The molecule has 3 heterocycles. The first-order valence-corrected chi connectivity index (χ1v) is 11.1. The molecule has 0 bridgehead atoms. The van der Waals surface area contributed by atoms with Gasteiger partial charge in [-0.05, 0) is 18.6 Å². The molecule has 2 unspecified atom stereocenters. The van der Waals surface area contributed by atoms with E-state index in [9.17, 15) is 13.6 Å². The van der Waals surface area contributed by atoms with Gasteiger partial charge in [0.1, 0.15) is 22.6 Å². The smallest absolute Gasteiger partial charge is 0.250 e. The summed E-state index contributed by atoms with van der Waals surface area (Å²) >= 11 is 1.27. The SMILES string of the molecule is CCCC1C(=O)N(C)c2cnc(C(C=N)C(=N)c3nccs3)nc2N1c1ccc(F)c(F)c1. The fourth-order valence-corrected chi connectivity index (χ4v) is 4.41. The maximum absolute atomic E-state index is 14.1. The molecular weight excluding hydrogens is 448 g/mol. The average molecular weight is 470 g/mol. The summed E-state index contributed by atoms with van der Waals surface area (Å²) in [6.07, 6.45) is 5.23. The monoisotopic (exact) mass is 469 g/mol. The normalized spacial score (nSPS) is 16.5. The van der Waals surface area contributed by atoms with E-state index < -0.39 is 23.6 Å². The number of rotatable bonds is 7. The van der Waals surface area contributed by atoms with Gasteiger partial charge in [0.2, 0.25) is 5.91 Å². The van der Waals surface area contributed by atoms with Gasteiger partial charge in [-0.1, -0.05) is 13.3 Å². The van der Waals surface area contributed by atoms with Gasteiger partial charge in [-0.15, -0.1) is 11.3 Å². The number of thiazole rings is 1. The van der Waals surface area contributed by atoms with E-state index in [0.29, 0.717) is 29.4 Å². The first-order chi connectivity index (χ1) is 15.9. The number of likely N-dealkylation sites (N-methyl/N-ethyl adjacent to an activating group) is 1. The van der Waals surface area contributed by atoms with E-state index in [4.69, 9.17) is 10.8 Å². The van der Waals surface area contributed by atoms with Crippen LogP contribution in [0, 0.1) is 22.5 Å². The van der Waals surface area contributed by atoms with Crippen molar-refractivity contribution in [1.82, 2.24) is 15.0 Å². The van der Waals surface area contributed by atoms with Crippen LogP contribution in [0.5, 0.6) is 0 Å². The Kier molecular flexibility index (Phi) is 6.23. The van der Waals surface area contributed by atoms with E-state index in [0.717, 1.165) is 18.3 Å². The first kappa shape index (κ1) is 22.6. The maximum Gasteiger partial charge on any atom is 0.250 e. The Labute approximate surface area is 193 Å². The number of hydrogen-bond acceptors (Lipinski definition) is 8. The first-order valence-electron chi connectivity index (χ1n) is 10.2. The molecule has 0 saturated carbocycles. The zero-order valence-electron chi connectivity index (χ0n) is 17.9. The van der Waals surface area contributed by atoms with Crippen LogP contribution in [0.4, 0.5) is 26.0 Å². The predicted molar refractivity (Wildman–Crippen MR) is 123 cm³/mol. The fraction of sp³-hybridized carbons (Fsp3) is 0.273. The van der Waals surface area contributed by atoms with Crippen LogP contribution in [-0.2, 0) is 4.79 Å². The van der Waals surface area contributed by atoms with Gasteiger partial charge in [-0.3, -0.25) is 4.79 Å². The molecule has 4 rings (SSSR count). The second-order valence-electron chi connectivity index (χ2n) is 7.50. The van der Waals surface area contributed by atoms with Crippen LogP contribution < -0.4 is 9.80 Å².